The Kier molecular flexibility index (Phi) is 5.69. The zero-order valence-electron chi connectivity index (χ0n) is 16.9. The number of benzene rings is 2. The summed E-state index contributed by atoms with van der Waals surface area (Å²) in [5, 5.41) is 11.9. The predicted molar refractivity (Wildman–Crippen MR) is 111 cm³/mol. The highest BCUT2D eigenvalue weighted by Crippen LogP contribution is 2.25. The first kappa shape index (κ1) is 20.2. The molecule has 0 aliphatic carbocycles. The molecule has 1 saturated heterocycles. The summed E-state index contributed by atoms with van der Waals surface area (Å²) >= 11 is 0. The van der Waals surface area contributed by atoms with Crippen molar-refractivity contribution in [3.05, 3.63) is 60.2 Å². The number of nitrogens with one attached hydrogen (secondary N) is 2. The Morgan fingerprint density at radius 1 is 1.06 bits per heavy atom. The van der Waals surface area contributed by atoms with Gasteiger partial charge in [0.1, 0.15) is 6.54 Å². The number of tetrazole rings is 1. The van der Waals surface area contributed by atoms with Crippen LogP contribution in [0.5, 0.6) is 0 Å². The van der Waals surface area contributed by atoms with Crippen LogP contribution in [-0.2, 0) is 20.9 Å². The molecule has 1 aliphatic heterocycles. The summed E-state index contributed by atoms with van der Waals surface area (Å²) in [4.78, 5) is 39.6. The number of nitrogens with zero attached hydrogens (tertiary/aromatic N) is 5. The van der Waals surface area contributed by atoms with Crippen LogP contribution in [-0.4, -0.2) is 44.5 Å². The van der Waals surface area contributed by atoms with Gasteiger partial charge < -0.3 is 4.90 Å². The second-order valence-corrected chi connectivity index (χ2v) is 7.29. The average molecular weight is 419 g/mol. The van der Waals surface area contributed by atoms with Crippen molar-refractivity contribution in [2.45, 2.75) is 19.9 Å². The van der Waals surface area contributed by atoms with Gasteiger partial charge in [-0.05, 0) is 24.3 Å². The second-order valence-electron chi connectivity index (χ2n) is 7.29. The molecule has 1 aliphatic rings. The molecule has 158 valence electrons. The molecular weight excluding hydrogens is 398 g/mol. The number of aromatic nitrogens is 4. The van der Waals surface area contributed by atoms with Crippen LogP contribution in [0.25, 0.3) is 11.4 Å². The van der Waals surface area contributed by atoms with Crippen molar-refractivity contribution in [1.82, 2.24) is 31.1 Å². The topological polar surface area (TPSA) is 122 Å². The second kappa shape index (κ2) is 8.74. The highest BCUT2D eigenvalue weighted by Gasteiger charge is 2.35. The molecule has 0 bridgehead atoms. The Bertz CT molecular complexity index is 1100. The predicted octanol–water partition coefficient (Wildman–Crippen LogP) is 0.849. The molecular formula is C21H21N7O3. The number of rotatable bonds is 5. The fourth-order valence-electron chi connectivity index (χ4n) is 3.27. The fraction of sp³-hybridized carbons (Fsp3) is 0.238. The minimum Gasteiger partial charge on any atom is -0.312 e. The number of anilines is 1. The molecule has 1 fully saturated rings. The molecule has 0 radical (unpaired) electrons. The van der Waals surface area contributed by atoms with Crippen LogP contribution in [0, 0.1) is 12.8 Å². The minimum absolute atomic E-state index is 0.0840. The van der Waals surface area contributed by atoms with E-state index in [4.69, 9.17) is 0 Å². The van der Waals surface area contributed by atoms with E-state index in [0.29, 0.717) is 5.82 Å². The van der Waals surface area contributed by atoms with E-state index in [-0.39, 0.29) is 25.4 Å². The van der Waals surface area contributed by atoms with E-state index in [1.165, 1.54) is 0 Å². The maximum absolute atomic E-state index is 12.4. The number of hydrogen-bond acceptors (Lipinski definition) is 6. The first-order valence-electron chi connectivity index (χ1n) is 9.78. The van der Waals surface area contributed by atoms with E-state index in [1.54, 1.807) is 4.90 Å². The standard InChI is InChI=1S/C21H21N7O3/c1-14-7-9-17(10-8-14)27-12-16(11-19(27)30)21(31)24-22-18(29)13-28-25-20(23-26-28)15-5-3-2-4-6-15/h2-10,16H,11-13H2,1H3,(H,22,29)(H,24,31)/t16-/m1/s1. The molecule has 2 heterocycles. The Morgan fingerprint density at radius 3 is 2.55 bits per heavy atom. The van der Waals surface area contributed by atoms with Crippen molar-refractivity contribution in [2.75, 3.05) is 11.4 Å². The van der Waals surface area contributed by atoms with Gasteiger partial charge in [0.05, 0.1) is 5.92 Å². The Morgan fingerprint density at radius 2 is 1.81 bits per heavy atom. The molecule has 1 aromatic heterocycles. The van der Waals surface area contributed by atoms with E-state index in [1.807, 2.05) is 61.5 Å². The summed E-state index contributed by atoms with van der Waals surface area (Å²) in [6, 6.07) is 16.8. The number of carbonyl (C=O) groups is 3. The molecule has 3 aromatic rings. The third-order valence-corrected chi connectivity index (χ3v) is 4.94. The van der Waals surface area contributed by atoms with Crippen LogP contribution in [0.2, 0.25) is 0 Å². The monoisotopic (exact) mass is 419 g/mol. The summed E-state index contributed by atoms with van der Waals surface area (Å²) < 4.78 is 0. The Labute approximate surface area is 178 Å². The highest BCUT2D eigenvalue weighted by molar-refractivity contribution is 6.00. The van der Waals surface area contributed by atoms with E-state index in [9.17, 15) is 14.4 Å². The van der Waals surface area contributed by atoms with Crippen LogP contribution in [0.15, 0.2) is 54.6 Å². The third kappa shape index (κ3) is 4.74. The highest BCUT2D eigenvalue weighted by atomic mass is 16.2. The molecule has 1 atom stereocenters. The molecule has 0 spiro atoms. The van der Waals surface area contributed by atoms with Gasteiger partial charge in [0.25, 0.3) is 5.91 Å². The van der Waals surface area contributed by atoms with E-state index in [0.717, 1.165) is 21.6 Å². The zero-order valence-corrected chi connectivity index (χ0v) is 16.9. The van der Waals surface area contributed by atoms with Crippen LogP contribution >= 0.6 is 0 Å². The number of aryl methyl sites for hydroxylation is 1. The quantitative estimate of drug-likeness (QED) is 0.591. The van der Waals surface area contributed by atoms with Crippen molar-refractivity contribution < 1.29 is 14.4 Å². The molecule has 10 nitrogen and oxygen atoms in total. The SMILES string of the molecule is Cc1ccc(N2C[C@H](C(=O)NNC(=O)Cn3nnc(-c4ccccc4)n3)CC2=O)cc1. The first-order chi connectivity index (χ1) is 15.0. The van der Waals surface area contributed by atoms with Gasteiger partial charge in [-0.15, -0.1) is 10.2 Å². The lowest BCUT2D eigenvalue weighted by molar-refractivity contribution is -0.131. The van der Waals surface area contributed by atoms with Crippen LogP contribution in [0.3, 0.4) is 0 Å². The van der Waals surface area contributed by atoms with Crippen LogP contribution < -0.4 is 15.8 Å². The molecule has 4 rings (SSSR count). The number of carbonyl (C=O) groups excluding carboxylic acids is 3. The molecule has 10 heteroatoms. The summed E-state index contributed by atoms with van der Waals surface area (Å²) in [5.41, 5.74) is 7.34. The van der Waals surface area contributed by atoms with E-state index in [2.05, 4.69) is 26.3 Å². The summed E-state index contributed by atoms with van der Waals surface area (Å²) in [6.07, 6.45) is 0.0840. The van der Waals surface area contributed by atoms with Crippen molar-refractivity contribution in [2.24, 2.45) is 5.92 Å². The van der Waals surface area contributed by atoms with Crippen LogP contribution in [0.4, 0.5) is 5.69 Å². The number of hydrazine groups is 1. The maximum atomic E-state index is 12.4. The van der Waals surface area contributed by atoms with Gasteiger partial charge in [-0.1, -0.05) is 48.0 Å². The molecule has 2 aromatic carbocycles. The number of amides is 3. The van der Waals surface area contributed by atoms with Gasteiger partial charge in [-0.3, -0.25) is 25.2 Å². The van der Waals surface area contributed by atoms with Gasteiger partial charge >= 0.3 is 0 Å². The summed E-state index contributed by atoms with van der Waals surface area (Å²) in [5.74, 6) is -1.21. The Balaban J connectivity index is 1.28. The van der Waals surface area contributed by atoms with Crippen LogP contribution in [0.1, 0.15) is 12.0 Å². The van der Waals surface area contributed by atoms with Crippen molar-refractivity contribution in [1.29, 1.82) is 0 Å². The average Bonchev–Trinajstić information content (AvgIpc) is 3.40. The smallest absolute Gasteiger partial charge is 0.262 e. The largest absolute Gasteiger partial charge is 0.312 e. The number of hydrogen-bond donors (Lipinski definition) is 2. The summed E-state index contributed by atoms with van der Waals surface area (Å²) in [7, 11) is 0. The van der Waals surface area contributed by atoms with Gasteiger partial charge in [0, 0.05) is 24.2 Å². The zero-order chi connectivity index (χ0) is 21.8. The van der Waals surface area contributed by atoms with Gasteiger partial charge in [-0.25, -0.2) is 0 Å². The van der Waals surface area contributed by atoms with E-state index < -0.39 is 17.7 Å². The van der Waals surface area contributed by atoms with Gasteiger partial charge in [0.2, 0.25) is 17.6 Å². The normalized spacial score (nSPS) is 15.7. The van der Waals surface area contributed by atoms with Gasteiger partial charge in [-0.2, -0.15) is 4.80 Å². The molecule has 3 amide bonds. The lowest BCUT2D eigenvalue weighted by Crippen LogP contribution is -2.46. The fourth-order valence-corrected chi connectivity index (χ4v) is 3.27. The van der Waals surface area contributed by atoms with E-state index >= 15 is 0 Å². The first-order valence-corrected chi connectivity index (χ1v) is 9.78. The third-order valence-electron chi connectivity index (χ3n) is 4.94. The summed E-state index contributed by atoms with van der Waals surface area (Å²) in [6.45, 7) is 2.01. The Hall–Kier alpha value is -4.08. The van der Waals surface area contributed by atoms with Crippen molar-refractivity contribution in [3.8, 4) is 11.4 Å². The van der Waals surface area contributed by atoms with Gasteiger partial charge in [0.15, 0.2) is 0 Å². The minimum atomic E-state index is -0.553. The lowest BCUT2D eigenvalue weighted by Gasteiger charge is -2.17. The van der Waals surface area contributed by atoms with Crippen molar-refractivity contribution >= 4 is 23.4 Å². The molecule has 0 saturated carbocycles. The van der Waals surface area contributed by atoms with Crippen molar-refractivity contribution in [3.63, 3.8) is 0 Å². The lowest BCUT2D eigenvalue weighted by atomic mass is 10.1. The maximum Gasteiger partial charge on any atom is 0.262 e. The molecule has 31 heavy (non-hydrogen) atoms. The molecule has 2 N–H and O–H groups in total. The molecule has 0 unspecified atom stereocenters.